The number of amidine groups is 1. The maximum absolute atomic E-state index is 8.89. The maximum Gasteiger partial charge on any atom is 0.208 e. The topological polar surface area (TPSA) is 96.7 Å². The van der Waals surface area contributed by atoms with Crippen molar-refractivity contribution in [1.29, 1.82) is 0 Å². The third-order valence-electron chi connectivity index (χ3n) is 2.97. The van der Waals surface area contributed by atoms with Crippen LogP contribution in [0.5, 0.6) is 0 Å². The SMILES string of the molecule is Cc1cnc(CNCC(/C(N)=N/O)c2ccccc2)o1. The van der Waals surface area contributed by atoms with Crippen molar-refractivity contribution in [3.05, 3.63) is 53.7 Å². The lowest BCUT2D eigenvalue weighted by Gasteiger charge is -2.16. The van der Waals surface area contributed by atoms with Crippen LogP contribution in [0.15, 0.2) is 46.1 Å². The number of rotatable bonds is 6. The monoisotopic (exact) mass is 274 g/mol. The molecule has 0 amide bonds. The van der Waals surface area contributed by atoms with Crippen LogP contribution in [0.1, 0.15) is 23.1 Å². The van der Waals surface area contributed by atoms with E-state index in [1.807, 2.05) is 37.3 Å². The second kappa shape index (κ2) is 6.72. The highest BCUT2D eigenvalue weighted by Crippen LogP contribution is 2.15. The predicted octanol–water partition coefficient (Wildman–Crippen LogP) is 1.60. The van der Waals surface area contributed by atoms with Crippen LogP contribution in [0, 0.1) is 6.92 Å². The Morgan fingerprint density at radius 1 is 1.45 bits per heavy atom. The standard InChI is InChI=1S/C14H18N4O2/c1-10-7-17-13(20-10)9-16-8-12(14(15)18-19)11-5-3-2-4-6-11/h2-7,12,16,19H,8-9H2,1H3,(H2,15,18). The van der Waals surface area contributed by atoms with Gasteiger partial charge in [0, 0.05) is 6.54 Å². The lowest BCUT2D eigenvalue weighted by molar-refractivity contribution is 0.315. The first-order chi connectivity index (χ1) is 9.70. The summed E-state index contributed by atoms with van der Waals surface area (Å²) < 4.78 is 5.37. The number of benzene rings is 1. The summed E-state index contributed by atoms with van der Waals surface area (Å²) in [5.41, 5.74) is 6.74. The molecule has 1 aromatic heterocycles. The summed E-state index contributed by atoms with van der Waals surface area (Å²) in [6, 6.07) is 9.66. The van der Waals surface area contributed by atoms with Crippen LogP contribution in [-0.2, 0) is 6.54 Å². The van der Waals surface area contributed by atoms with Crippen LogP contribution < -0.4 is 11.1 Å². The van der Waals surface area contributed by atoms with Gasteiger partial charge >= 0.3 is 0 Å². The van der Waals surface area contributed by atoms with Gasteiger partial charge < -0.3 is 20.7 Å². The second-order valence-electron chi connectivity index (χ2n) is 4.48. The van der Waals surface area contributed by atoms with Gasteiger partial charge in [0.25, 0.3) is 0 Å². The minimum Gasteiger partial charge on any atom is -0.445 e. The molecule has 1 heterocycles. The Morgan fingerprint density at radius 3 is 2.80 bits per heavy atom. The first-order valence-electron chi connectivity index (χ1n) is 6.35. The number of hydrogen-bond acceptors (Lipinski definition) is 5. The minimum absolute atomic E-state index is 0.173. The highest BCUT2D eigenvalue weighted by molar-refractivity contribution is 5.87. The first-order valence-corrected chi connectivity index (χ1v) is 6.35. The van der Waals surface area contributed by atoms with Crippen molar-refractivity contribution in [2.24, 2.45) is 10.9 Å². The third-order valence-corrected chi connectivity index (χ3v) is 2.97. The molecule has 4 N–H and O–H groups in total. The molecule has 1 unspecified atom stereocenters. The number of nitrogens with zero attached hydrogens (tertiary/aromatic N) is 2. The molecule has 0 aliphatic heterocycles. The Labute approximate surface area is 117 Å². The summed E-state index contributed by atoms with van der Waals surface area (Å²) in [7, 11) is 0. The van der Waals surface area contributed by atoms with E-state index in [0.717, 1.165) is 11.3 Å². The quantitative estimate of drug-likeness (QED) is 0.322. The summed E-state index contributed by atoms with van der Waals surface area (Å²) in [5.74, 6) is 1.37. The lowest BCUT2D eigenvalue weighted by atomic mass is 9.98. The Bertz CT molecular complexity index is 566. The van der Waals surface area contributed by atoms with Crippen molar-refractivity contribution in [3.63, 3.8) is 0 Å². The molecule has 0 saturated heterocycles. The van der Waals surface area contributed by atoms with Crippen LogP contribution in [0.4, 0.5) is 0 Å². The number of nitrogens with one attached hydrogen (secondary N) is 1. The Morgan fingerprint density at radius 2 is 2.20 bits per heavy atom. The van der Waals surface area contributed by atoms with Gasteiger partial charge in [0.15, 0.2) is 0 Å². The van der Waals surface area contributed by atoms with Gasteiger partial charge in [-0.15, -0.1) is 0 Å². The van der Waals surface area contributed by atoms with Gasteiger partial charge in [0.1, 0.15) is 11.6 Å². The molecule has 0 radical (unpaired) electrons. The fourth-order valence-electron chi connectivity index (χ4n) is 1.95. The van der Waals surface area contributed by atoms with Crippen LogP contribution >= 0.6 is 0 Å². The zero-order valence-electron chi connectivity index (χ0n) is 11.3. The molecule has 0 aliphatic carbocycles. The Hall–Kier alpha value is -2.34. The second-order valence-corrected chi connectivity index (χ2v) is 4.48. The van der Waals surface area contributed by atoms with Gasteiger partial charge in [0.05, 0.1) is 18.7 Å². The molecule has 0 aliphatic rings. The average Bonchev–Trinajstić information content (AvgIpc) is 2.89. The van der Waals surface area contributed by atoms with Crippen molar-refractivity contribution < 1.29 is 9.62 Å². The Balaban J connectivity index is 1.98. The number of oxazole rings is 1. The molecule has 0 fully saturated rings. The summed E-state index contributed by atoms with van der Waals surface area (Å²) >= 11 is 0. The van der Waals surface area contributed by atoms with Crippen LogP contribution in [-0.4, -0.2) is 22.6 Å². The van der Waals surface area contributed by atoms with Crippen molar-refractivity contribution in [2.45, 2.75) is 19.4 Å². The number of aryl methyl sites for hydroxylation is 1. The summed E-state index contributed by atoms with van der Waals surface area (Å²) in [6.07, 6.45) is 1.68. The number of nitrogens with two attached hydrogens (primary N) is 1. The number of oxime groups is 1. The fourth-order valence-corrected chi connectivity index (χ4v) is 1.95. The molecule has 0 spiro atoms. The molecular formula is C14H18N4O2. The summed E-state index contributed by atoms with van der Waals surface area (Å²) in [6.45, 7) is 2.87. The van der Waals surface area contributed by atoms with Crippen molar-refractivity contribution >= 4 is 5.84 Å². The van der Waals surface area contributed by atoms with Crippen molar-refractivity contribution in [2.75, 3.05) is 6.54 Å². The van der Waals surface area contributed by atoms with E-state index in [4.69, 9.17) is 15.4 Å². The summed E-state index contributed by atoms with van der Waals surface area (Å²) in [4.78, 5) is 4.11. The average molecular weight is 274 g/mol. The lowest BCUT2D eigenvalue weighted by Crippen LogP contribution is -2.31. The Kier molecular flexibility index (Phi) is 4.73. The van der Waals surface area contributed by atoms with Crippen molar-refractivity contribution in [3.8, 4) is 0 Å². The van der Waals surface area contributed by atoms with Gasteiger partial charge in [0.2, 0.25) is 5.89 Å². The van der Waals surface area contributed by atoms with E-state index in [1.165, 1.54) is 0 Å². The van der Waals surface area contributed by atoms with Gasteiger partial charge in [-0.2, -0.15) is 0 Å². The van der Waals surface area contributed by atoms with E-state index < -0.39 is 0 Å². The third kappa shape index (κ3) is 3.58. The molecule has 0 saturated carbocycles. The zero-order chi connectivity index (χ0) is 14.4. The fraction of sp³-hybridized carbons (Fsp3) is 0.286. The number of aromatic nitrogens is 1. The summed E-state index contributed by atoms with van der Waals surface area (Å²) in [5, 5.41) is 15.2. The predicted molar refractivity (Wildman–Crippen MR) is 75.5 cm³/mol. The van der Waals surface area contributed by atoms with Gasteiger partial charge in [-0.3, -0.25) is 0 Å². The molecule has 6 heteroatoms. The molecule has 106 valence electrons. The molecule has 20 heavy (non-hydrogen) atoms. The molecule has 0 bridgehead atoms. The van der Waals surface area contributed by atoms with Gasteiger partial charge in [-0.25, -0.2) is 4.98 Å². The van der Waals surface area contributed by atoms with E-state index in [1.54, 1.807) is 6.20 Å². The van der Waals surface area contributed by atoms with E-state index in [9.17, 15) is 0 Å². The molecule has 6 nitrogen and oxygen atoms in total. The van der Waals surface area contributed by atoms with Crippen LogP contribution in [0.25, 0.3) is 0 Å². The van der Waals surface area contributed by atoms with E-state index in [-0.39, 0.29) is 11.8 Å². The smallest absolute Gasteiger partial charge is 0.208 e. The van der Waals surface area contributed by atoms with Crippen molar-refractivity contribution in [1.82, 2.24) is 10.3 Å². The highest BCUT2D eigenvalue weighted by atomic mass is 16.4. The normalized spacial score (nSPS) is 13.3. The minimum atomic E-state index is -0.197. The first kappa shape index (κ1) is 14.1. The molecule has 1 aromatic carbocycles. The highest BCUT2D eigenvalue weighted by Gasteiger charge is 2.16. The van der Waals surface area contributed by atoms with E-state index >= 15 is 0 Å². The molecule has 1 atom stereocenters. The number of hydrogen-bond donors (Lipinski definition) is 3. The van der Waals surface area contributed by atoms with Crippen LogP contribution in [0.2, 0.25) is 0 Å². The molecular weight excluding hydrogens is 256 g/mol. The molecule has 2 aromatic rings. The van der Waals surface area contributed by atoms with E-state index in [0.29, 0.717) is 19.0 Å². The largest absolute Gasteiger partial charge is 0.445 e. The maximum atomic E-state index is 8.89. The van der Waals surface area contributed by atoms with Gasteiger partial charge in [-0.05, 0) is 12.5 Å². The van der Waals surface area contributed by atoms with Gasteiger partial charge in [-0.1, -0.05) is 35.5 Å². The molecule has 2 rings (SSSR count). The van der Waals surface area contributed by atoms with Crippen LogP contribution in [0.3, 0.4) is 0 Å². The van der Waals surface area contributed by atoms with E-state index in [2.05, 4.69) is 15.5 Å². The zero-order valence-corrected chi connectivity index (χ0v) is 11.3.